The molecular formula is C26H28N4O3. The zero-order chi connectivity index (χ0) is 22.6. The zero-order valence-corrected chi connectivity index (χ0v) is 18.8. The van der Waals surface area contributed by atoms with E-state index in [2.05, 4.69) is 39.1 Å². The van der Waals surface area contributed by atoms with E-state index >= 15 is 0 Å². The van der Waals surface area contributed by atoms with Gasteiger partial charge in [0.2, 0.25) is 5.91 Å². The predicted molar refractivity (Wildman–Crippen MR) is 125 cm³/mol. The highest BCUT2D eigenvalue weighted by Gasteiger charge is 2.30. The molecule has 0 unspecified atom stereocenters. The topological polar surface area (TPSA) is 67.8 Å². The van der Waals surface area contributed by atoms with Gasteiger partial charge in [-0.1, -0.05) is 24.3 Å². The molecule has 7 heteroatoms. The van der Waals surface area contributed by atoms with Gasteiger partial charge < -0.3 is 14.4 Å². The summed E-state index contributed by atoms with van der Waals surface area (Å²) in [7, 11) is 1.65. The van der Waals surface area contributed by atoms with Crippen molar-refractivity contribution in [1.82, 2.24) is 19.8 Å². The van der Waals surface area contributed by atoms with Crippen LogP contribution in [0, 0.1) is 0 Å². The third kappa shape index (κ3) is 4.74. The summed E-state index contributed by atoms with van der Waals surface area (Å²) in [5.41, 5.74) is 5.18. The lowest BCUT2D eigenvalue weighted by atomic mass is 10.00. The maximum absolute atomic E-state index is 13.2. The first kappa shape index (κ1) is 21.6. The van der Waals surface area contributed by atoms with Crippen molar-refractivity contribution < 1.29 is 14.3 Å². The Morgan fingerprint density at radius 3 is 2.67 bits per heavy atom. The van der Waals surface area contributed by atoms with Crippen LogP contribution in [-0.2, 0) is 22.5 Å². The van der Waals surface area contributed by atoms with Gasteiger partial charge in [-0.15, -0.1) is 0 Å². The van der Waals surface area contributed by atoms with E-state index in [0.717, 1.165) is 42.2 Å². The largest absolute Gasteiger partial charge is 0.497 e. The average molecular weight is 445 g/mol. The molecule has 0 spiro atoms. The van der Waals surface area contributed by atoms with E-state index in [-0.39, 0.29) is 12.0 Å². The molecule has 3 heterocycles. The number of carbonyl (C=O) groups excluding carboxylic acids is 1. The average Bonchev–Trinajstić information content (AvgIpc) is 2.89. The molecule has 170 valence electrons. The van der Waals surface area contributed by atoms with Crippen LogP contribution in [0.1, 0.15) is 22.9 Å². The van der Waals surface area contributed by atoms with Gasteiger partial charge in [0, 0.05) is 37.6 Å². The molecular weight excluding hydrogens is 416 g/mol. The van der Waals surface area contributed by atoms with Crippen molar-refractivity contribution in [2.45, 2.75) is 19.1 Å². The Bertz CT molecular complexity index is 1120. The van der Waals surface area contributed by atoms with Gasteiger partial charge in [0.25, 0.3) is 0 Å². The lowest BCUT2D eigenvalue weighted by molar-refractivity contribution is -0.140. The number of hydrogen-bond donors (Lipinski definition) is 0. The van der Waals surface area contributed by atoms with E-state index in [1.807, 2.05) is 29.2 Å². The zero-order valence-electron chi connectivity index (χ0n) is 18.8. The molecule has 33 heavy (non-hydrogen) atoms. The van der Waals surface area contributed by atoms with Gasteiger partial charge in [0.05, 0.1) is 38.2 Å². The Morgan fingerprint density at radius 2 is 1.85 bits per heavy atom. The quantitative estimate of drug-likeness (QED) is 0.603. The molecule has 1 fully saturated rings. The number of fused-ring (bicyclic) bond motifs is 1. The molecule has 3 aromatic rings. The normalized spacial score (nSPS) is 18.6. The first-order chi connectivity index (χ1) is 16.2. The third-order valence-electron chi connectivity index (χ3n) is 6.38. The highest BCUT2D eigenvalue weighted by Crippen LogP contribution is 2.30. The standard InChI is InChI=1S/C26H28N4O3/c1-32-22-8-6-20(7-9-22)25-26(28-12-11-27-25)23-17-30(14-15-33-23)24(31)18-29-13-10-19-4-2-3-5-21(19)16-29/h2-9,11-12,23H,10,13-18H2,1H3/t23-/m0/s1. The lowest BCUT2D eigenvalue weighted by Gasteiger charge is -2.35. The van der Waals surface area contributed by atoms with Crippen molar-refractivity contribution >= 4 is 5.91 Å². The molecule has 2 aliphatic rings. The number of aromatic nitrogens is 2. The number of morpholine rings is 1. The molecule has 0 aliphatic carbocycles. The number of hydrogen-bond acceptors (Lipinski definition) is 6. The van der Waals surface area contributed by atoms with Crippen LogP contribution < -0.4 is 4.74 Å². The van der Waals surface area contributed by atoms with Gasteiger partial charge in [-0.3, -0.25) is 19.7 Å². The summed E-state index contributed by atoms with van der Waals surface area (Å²) in [6, 6.07) is 16.2. The fourth-order valence-electron chi connectivity index (χ4n) is 4.58. The van der Waals surface area contributed by atoms with Crippen molar-refractivity contribution in [3.63, 3.8) is 0 Å². The predicted octanol–water partition coefficient (Wildman–Crippen LogP) is 3.11. The molecule has 0 radical (unpaired) electrons. The Kier molecular flexibility index (Phi) is 6.32. The molecule has 1 atom stereocenters. The number of methoxy groups -OCH3 is 1. The van der Waals surface area contributed by atoms with Gasteiger partial charge in [-0.2, -0.15) is 0 Å². The van der Waals surface area contributed by atoms with Crippen molar-refractivity contribution in [3.8, 4) is 17.0 Å². The molecule has 0 N–H and O–H groups in total. The van der Waals surface area contributed by atoms with Crippen LogP contribution in [0.15, 0.2) is 60.9 Å². The Balaban J connectivity index is 1.28. The van der Waals surface area contributed by atoms with Gasteiger partial charge in [0.1, 0.15) is 11.9 Å². The SMILES string of the molecule is COc1ccc(-c2nccnc2[C@@H]2CN(C(=O)CN3CCc4ccccc4C3)CCO2)cc1. The van der Waals surface area contributed by atoms with E-state index in [1.54, 1.807) is 19.5 Å². The second-order valence-corrected chi connectivity index (χ2v) is 8.45. The number of nitrogens with zero attached hydrogens (tertiary/aromatic N) is 4. The van der Waals surface area contributed by atoms with E-state index in [1.165, 1.54) is 11.1 Å². The number of ether oxygens (including phenoxy) is 2. The summed E-state index contributed by atoms with van der Waals surface area (Å²) in [5.74, 6) is 0.924. The van der Waals surface area contributed by atoms with Crippen molar-refractivity contribution in [1.29, 1.82) is 0 Å². The van der Waals surface area contributed by atoms with E-state index in [0.29, 0.717) is 26.2 Å². The summed E-state index contributed by atoms with van der Waals surface area (Å²) in [5, 5.41) is 0. The van der Waals surface area contributed by atoms with E-state index in [9.17, 15) is 4.79 Å². The van der Waals surface area contributed by atoms with Crippen LogP contribution in [0.5, 0.6) is 5.75 Å². The minimum atomic E-state index is -0.310. The first-order valence-corrected chi connectivity index (χ1v) is 11.3. The lowest BCUT2D eigenvalue weighted by Crippen LogP contribution is -2.47. The molecule has 1 saturated heterocycles. The molecule has 1 amide bonds. The minimum Gasteiger partial charge on any atom is -0.497 e. The second kappa shape index (κ2) is 9.68. The molecule has 0 saturated carbocycles. The number of amides is 1. The summed E-state index contributed by atoms with van der Waals surface area (Å²) in [6.07, 6.45) is 4.04. The summed E-state index contributed by atoms with van der Waals surface area (Å²) in [6.45, 7) is 3.71. The fourth-order valence-corrected chi connectivity index (χ4v) is 4.58. The highest BCUT2D eigenvalue weighted by atomic mass is 16.5. The molecule has 7 nitrogen and oxygen atoms in total. The smallest absolute Gasteiger partial charge is 0.236 e. The number of rotatable bonds is 5. The highest BCUT2D eigenvalue weighted by molar-refractivity contribution is 5.78. The summed E-state index contributed by atoms with van der Waals surface area (Å²) >= 11 is 0. The molecule has 5 rings (SSSR count). The number of benzene rings is 2. The van der Waals surface area contributed by atoms with Crippen LogP contribution in [0.3, 0.4) is 0 Å². The maximum atomic E-state index is 13.2. The Labute approximate surface area is 194 Å². The van der Waals surface area contributed by atoms with Crippen LogP contribution in [-0.4, -0.2) is 65.6 Å². The van der Waals surface area contributed by atoms with Crippen molar-refractivity contribution in [2.75, 3.05) is 39.9 Å². The van der Waals surface area contributed by atoms with Gasteiger partial charge >= 0.3 is 0 Å². The summed E-state index contributed by atoms with van der Waals surface area (Å²) in [4.78, 5) is 26.5. The van der Waals surface area contributed by atoms with Gasteiger partial charge in [-0.25, -0.2) is 0 Å². The van der Waals surface area contributed by atoms with Crippen LogP contribution in [0.25, 0.3) is 11.3 Å². The fraction of sp³-hybridized carbons (Fsp3) is 0.346. The first-order valence-electron chi connectivity index (χ1n) is 11.3. The van der Waals surface area contributed by atoms with Gasteiger partial charge in [-0.05, 0) is 41.8 Å². The molecule has 1 aromatic heterocycles. The van der Waals surface area contributed by atoms with Gasteiger partial charge in [0.15, 0.2) is 0 Å². The number of carbonyl (C=O) groups is 1. The maximum Gasteiger partial charge on any atom is 0.236 e. The molecule has 0 bridgehead atoms. The monoisotopic (exact) mass is 444 g/mol. The molecule has 2 aromatic carbocycles. The van der Waals surface area contributed by atoms with Crippen molar-refractivity contribution in [2.24, 2.45) is 0 Å². The summed E-state index contributed by atoms with van der Waals surface area (Å²) < 4.78 is 11.3. The minimum absolute atomic E-state index is 0.137. The Hall–Kier alpha value is -3.29. The van der Waals surface area contributed by atoms with Crippen LogP contribution >= 0.6 is 0 Å². The Morgan fingerprint density at radius 1 is 1.06 bits per heavy atom. The van der Waals surface area contributed by atoms with Crippen molar-refractivity contribution in [3.05, 3.63) is 77.7 Å². The van der Waals surface area contributed by atoms with E-state index < -0.39 is 0 Å². The van der Waals surface area contributed by atoms with Crippen LogP contribution in [0.2, 0.25) is 0 Å². The molecule has 2 aliphatic heterocycles. The third-order valence-corrected chi connectivity index (χ3v) is 6.38. The second-order valence-electron chi connectivity index (χ2n) is 8.45. The van der Waals surface area contributed by atoms with E-state index in [4.69, 9.17) is 9.47 Å². The van der Waals surface area contributed by atoms with Crippen LogP contribution in [0.4, 0.5) is 0 Å².